The van der Waals surface area contributed by atoms with E-state index in [-0.39, 0.29) is 11.8 Å². The highest BCUT2D eigenvalue weighted by molar-refractivity contribution is 5.76. The number of nitrogens with two attached hydrogens (primary N) is 1. The maximum Gasteiger partial charge on any atom is 0.220 e. The summed E-state index contributed by atoms with van der Waals surface area (Å²) in [5.41, 5.74) is 5.31. The van der Waals surface area contributed by atoms with Gasteiger partial charge in [-0.2, -0.15) is 0 Å². The second kappa shape index (κ2) is 8.48. The van der Waals surface area contributed by atoms with E-state index in [4.69, 9.17) is 10.5 Å². The molecule has 1 amide bonds. The van der Waals surface area contributed by atoms with E-state index in [0.717, 1.165) is 58.5 Å². The molecule has 1 saturated heterocycles. The van der Waals surface area contributed by atoms with Gasteiger partial charge in [-0.05, 0) is 51.7 Å². The molecule has 1 rings (SSSR count). The SMILES string of the molecule is CCCOCCCCN1CCC(C(N)=O)CC1. The Morgan fingerprint density at radius 2 is 2.00 bits per heavy atom. The van der Waals surface area contributed by atoms with Crippen LogP contribution in [0.15, 0.2) is 0 Å². The van der Waals surface area contributed by atoms with E-state index in [1.165, 1.54) is 6.42 Å². The van der Waals surface area contributed by atoms with Gasteiger partial charge in [0.2, 0.25) is 5.91 Å². The van der Waals surface area contributed by atoms with E-state index >= 15 is 0 Å². The lowest BCUT2D eigenvalue weighted by atomic mass is 9.96. The van der Waals surface area contributed by atoms with Gasteiger partial charge in [0.15, 0.2) is 0 Å². The predicted octanol–water partition coefficient (Wildman–Crippen LogP) is 1.39. The van der Waals surface area contributed by atoms with Gasteiger partial charge in [-0.3, -0.25) is 4.79 Å². The fourth-order valence-corrected chi connectivity index (χ4v) is 2.23. The second-order valence-corrected chi connectivity index (χ2v) is 4.84. The van der Waals surface area contributed by atoms with Crippen molar-refractivity contribution in [2.45, 2.75) is 39.0 Å². The quantitative estimate of drug-likeness (QED) is 0.654. The highest BCUT2D eigenvalue weighted by Gasteiger charge is 2.22. The van der Waals surface area contributed by atoms with E-state index in [0.29, 0.717) is 0 Å². The predicted molar refractivity (Wildman–Crippen MR) is 68.7 cm³/mol. The van der Waals surface area contributed by atoms with E-state index in [1.54, 1.807) is 0 Å². The fourth-order valence-electron chi connectivity index (χ4n) is 2.23. The second-order valence-electron chi connectivity index (χ2n) is 4.84. The van der Waals surface area contributed by atoms with Gasteiger partial charge in [0, 0.05) is 19.1 Å². The first kappa shape index (κ1) is 14.5. The van der Waals surface area contributed by atoms with Crippen molar-refractivity contribution in [1.82, 2.24) is 4.90 Å². The Morgan fingerprint density at radius 1 is 1.29 bits per heavy atom. The molecule has 0 saturated carbocycles. The maximum absolute atomic E-state index is 11.0. The highest BCUT2D eigenvalue weighted by Crippen LogP contribution is 2.16. The molecule has 0 bridgehead atoms. The van der Waals surface area contributed by atoms with Crippen LogP contribution < -0.4 is 5.73 Å². The molecule has 0 aliphatic carbocycles. The molecule has 0 aromatic carbocycles. The Balaban J connectivity index is 1.97. The molecule has 0 aromatic heterocycles. The maximum atomic E-state index is 11.0. The third kappa shape index (κ3) is 6.03. The molecule has 1 heterocycles. The molecule has 0 radical (unpaired) electrons. The Morgan fingerprint density at radius 3 is 2.59 bits per heavy atom. The van der Waals surface area contributed by atoms with Crippen LogP contribution in [0.5, 0.6) is 0 Å². The molecule has 1 fully saturated rings. The molecular weight excluding hydrogens is 216 g/mol. The molecule has 4 heteroatoms. The third-order valence-electron chi connectivity index (χ3n) is 3.35. The van der Waals surface area contributed by atoms with Crippen LogP contribution in [0.2, 0.25) is 0 Å². The number of carbonyl (C=O) groups is 1. The van der Waals surface area contributed by atoms with Crippen LogP contribution in [0.1, 0.15) is 39.0 Å². The number of carbonyl (C=O) groups excluding carboxylic acids is 1. The largest absolute Gasteiger partial charge is 0.381 e. The molecule has 0 spiro atoms. The van der Waals surface area contributed by atoms with Crippen LogP contribution in [0.25, 0.3) is 0 Å². The zero-order valence-electron chi connectivity index (χ0n) is 11.0. The zero-order chi connectivity index (χ0) is 12.5. The molecule has 0 aromatic rings. The summed E-state index contributed by atoms with van der Waals surface area (Å²) in [6, 6.07) is 0. The van der Waals surface area contributed by atoms with Gasteiger partial charge < -0.3 is 15.4 Å². The number of likely N-dealkylation sites (tertiary alicyclic amines) is 1. The molecule has 2 N–H and O–H groups in total. The number of hydrogen-bond donors (Lipinski definition) is 1. The summed E-state index contributed by atoms with van der Waals surface area (Å²) in [5.74, 6) is -0.0169. The third-order valence-corrected chi connectivity index (χ3v) is 3.35. The average molecular weight is 242 g/mol. The van der Waals surface area contributed by atoms with Gasteiger partial charge in [-0.15, -0.1) is 0 Å². The number of unbranched alkanes of at least 4 members (excludes halogenated alkanes) is 1. The monoisotopic (exact) mass is 242 g/mol. The smallest absolute Gasteiger partial charge is 0.220 e. The van der Waals surface area contributed by atoms with Crippen LogP contribution >= 0.6 is 0 Å². The highest BCUT2D eigenvalue weighted by atomic mass is 16.5. The van der Waals surface area contributed by atoms with Crippen LogP contribution in [-0.4, -0.2) is 43.7 Å². The van der Waals surface area contributed by atoms with Crippen LogP contribution in [0.4, 0.5) is 0 Å². The summed E-state index contributed by atoms with van der Waals surface area (Å²) in [4.78, 5) is 13.4. The number of nitrogens with zero attached hydrogens (tertiary/aromatic N) is 1. The summed E-state index contributed by atoms with van der Waals surface area (Å²) in [6.07, 6.45) is 5.28. The number of ether oxygens (including phenoxy) is 1. The van der Waals surface area contributed by atoms with Gasteiger partial charge in [0.25, 0.3) is 0 Å². The van der Waals surface area contributed by atoms with E-state index in [1.807, 2.05) is 0 Å². The minimum absolute atomic E-state index is 0.110. The van der Waals surface area contributed by atoms with Crippen molar-refractivity contribution in [3.63, 3.8) is 0 Å². The minimum atomic E-state index is -0.127. The number of hydrogen-bond acceptors (Lipinski definition) is 3. The van der Waals surface area contributed by atoms with Gasteiger partial charge in [-0.1, -0.05) is 6.92 Å². The van der Waals surface area contributed by atoms with E-state index in [2.05, 4.69) is 11.8 Å². The first-order valence-corrected chi connectivity index (χ1v) is 6.83. The van der Waals surface area contributed by atoms with Crippen LogP contribution in [0.3, 0.4) is 0 Å². The van der Waals surface area contributed by atoms with E-state index < -0.39 is 0 Å². The summed E-state index contributed by atoms with van der Waals surface area (Å²) in [5, 5.41) is 0. The summed E-state index contributed by atoms with van der Waals surface area (Å²) < 4.78 is 5.44. The Bertz CT molecular complexity index is 213. The van der Waals surface area contributed by atoms with Gasteiger partial charge in [0.1, 0.15) is 0 Å². The van der Waals surface area contributed by atoms with Crippen molar-refractivity contribution >= 4 is 5.91 Å². The first-order chi connectivity index (χ1) is 8.24. The van der Waals surface area contributed by atoms with Gasteiger partial charge in [0.05, 0.1) is 0 Å². The minimum Gasteiger partial charge on any atom is -0.381 e. The lowest BCUT2D eigenvalue weighted by Gasteiger charge is -2.30. The van der Waals surface area contributed by atoms with Crippen LogP contribution in [-0.2, 0) is 9.53 Å². The zero-order valence-corrected chi connectivity index (χ0v) is 11.0. The molecule has 1 aliphatic heterocycles. The van der Waals surface area contributed by atoms with Crippen molar-refractivity contribution in [1.29, 1.82) is 0 Å². The molecule has 0 unspecified atom stereocenters. The molecule has 4 nitrogen and oxygen atoms in total. The molecular formula is C13H26N2O2. The van der Waals surface area contributed by atoms with Crippen LogP contribution in [0, 0.1) is 5.92 Å². The lowest BCUT2D eigenvalue weighted by molar-refractivity contribution is -0.123. The number of piperidine rings is 1. The summed E-state index contributed by atoms with van der Waals surface area (Å²) >= 11 is 0. The normalized spacial score (nSPS) is 18.4. The Hall–Kier alpha value is -0.610. The first-order valence-electron chi connectivity index (χ1n) is 6.83. The lowest BCUT2D eigenvalue weighted by Crippen LogP contribution is -2.38. The van der Waals surface area contributed by atoms with Crippen molar-refractivity contribution in [3.8, 4) is 0 Å². The van der Waals surface area contributed by atoms with Crippen molar-refractivity contribution in [3.05, 3.63) is 0 Å². The molecule has 100 valence electrons. The molecule has 17 heavy (non-hydrogen) atoms. The fraction of sp³-hybridized carbons (Fsp3) is 0.923. The van der Waals surface area contributed by atoms with Crippen molar-refractivity contribution < 1.29 is 9.53 Å². The Labute approximate surface area is 104 Å². The number of rotatable bonds is 8. The van der Waals surface area contributed by atoms with Gasteiger partial charge >= 0.3 is 0 Å². The van der Waals surface area contributed by atoms with Gasteiger partial charge in [-0.25, -0.2) is 0 Å². The van der Waals surface area contributed by atoms with Crippen molar-refractivity contribution in [2.24, 2.45) is 11.7 Å². The Kier molecular flexibility index (Phi) is 7.21. The topological polar surface area (TPSA) is 55.6 Å². The average Bonchev–Trinajstić information content (AvgIpc) is 2.34. The summed E-state index contributed by atoms with van der Waals surface area (Å²) in [7, 11) is 0. The molecule has 0 atom stereocenters. The molecule has 1 aliphatic rings. The van der Waals surface area contributed by atoms with E-state index in [9.17, 15) is 4.79 Å². The summed E-state index contributed by atoms with van der Waals surface area (Å²) in [6.45, 7) is 7.05. The van der Waals surface area contributed by atoms with Crippen molar-refractivity contribution in [2.75, 3.05) is 32.8 Å². The standard InChI is InChI=1S/C13H26N2O2/c1-2-10-17-11-4-3-7-15-8-5-12(6-9-15)13(14)16/h12H,2-11H2,1H3,(H2,14,16). The number of amides is 1. The number of primary amides is 1.